The zero-order valence-electron chi connectivity index (χ0n) is 21.6. The molecule has 1 aliphatic carbocycles. The third-order valence-electron chi connectivity index (χ3n) is 7.41. The van der Waals surface area contributed by atoms with Gasteiger partial charge >= 0.3 is 5.97 Å². The lowest BCUT2D eigenvalue weighted by Gasteiger charge is -2.27. The van der Waals surface area contributed by atoms with Crippen molar-refractivity contribution in [2.75, 3.05) is 0 Å². The highest BCUT2D eigenvalue weighted by atomic mass is 16.5. The van der Waals surface area contributed by atoms with E-state index in [4.69, 9.17) is 4.74 Å². The quantitative estimate of drug-likeness (QED) is 0.159. The number of unbranched alkanes of at least 4 members (excludes halogenated alkanes) is 7. The Kier molecular flexibility index (Phi) is 11.6. The van der Waals surface area contributed by atoms with Crippen LogP contribution in [-0.2, 0) is 11.2 Å². The van der Waals surface area contributed by atoms with Crippen LogP contribution in [0, 0.1) is 11.8 Å². The molecule has 0 bridgehead atoms. The van der Waals surface area contributed by atoms with Crippen molar-refractivity contribution in [3.8, 4) is 17.0 Å². The third kappa shape index (κ3) is 8.89. The summed E-state index contributed by atoms with van der Waals surface area (Å²) in [6.45, 7) is 4.51. The SMILES string of the molecule is CCCCCCCCc1ccc(-c2ccc(OC(=O)[C@H]3CC[C@H](CCCCC)CC3)cc2)nc1. The lowest BCUT2D eigenvalue weighted by atomic mass is 9.80. The van der Waals surface area contributed by atoms with E-state index in [1.165, 1.54) is 82.6 Å². The van der Waals surface area contributed by atoms with Crippen LogP contribution in [-0.4, -0.2) is 11.0 Å². The Labute approximate surface area is 207 Å². The van der Waals surface area contributed by atoms with Crippen molar-refractivity contribution in [2.45, 2.75) is 110 Å². The summed E-state index contributed by atoms with van der Waals surface area (Å²) in [6.07, 6.45) is 20.6. The van der Waals surface area contributed by atoms with Gasteiger partial charge in [0.05, 0.1) is 11.6 Å². The van der Waals surface area contributed by atoms with Gasteiger partial charge in [-0.1, -0.05) is 77.7 Å². The number of hydrogen-bond donors (Lipinski definition) is 0. The Hall–Kier alpha value is -2.16. The number of carbonyl (C=O) groups is 1. The molecule has 1 saturated carbocycles. The largest absolute Gasteiger partial charge is 0.426 e. The first-order chi connectivity index (χ1) is 16.7. The number of pyridine rings is 1. The molecule has 0 N–H and O–H groups in total. The molecular weight excluding hydrogens is 418 g/mol. The Balaban J connectivity index is 1.41. The van der Waals surface area contributed by atoms with E-state index in [9.17, 15) is 4.79 Å². The van der Waals surface area contributed by atoms with Crippen molar-refractivity contribution < 1.29 is 9.53 Å². The fraction of sp³-hybridized carbons (Fsp3) is 0.613. The summed E-state index contributed by atoms with van der Waals surface area (Å²) in [6, 6.07) is 12.1. The lowest BCUT2D eigenvalue weighted by Crippen LogP contribution is -2.25. The average Bonchev–Trinajstić information content (AvgIpc) is 2.87. The molecule has 3 rings (SSSR count). The number of aromatic nitrogens is 1. The molecule has 0 spiro atoms. The molecule has 0 saturated heterocycles. The van der Waals surface area contributed by atoms with Crippen LogP contribution in [0.15, 0.2) is 42.6 Å². The van der Waals surface area contributed by atoms with Crippen molar-refractivity contribution in [2.24, 2.45) is 11.8 Å². The molecular formula is C31H45NO2. The molecule has 34 heavy (non-hydrogen) atoms. The van der Waals surface area contributed by atoms with Crippen LogP contribution in [0.3, 0.4) is 0 Å². The molecule has 1 aromatic heterocycles. The van der Waals surface area contributed by atoms with Gasteiger partial charge in [0.1, 0.15) is 5.75 Å². The number of nitrogens with zero attached hydrogens (tertiary/aromatic N) is 1. The molecule has 0 amide bonds. The highest BCUT2D eigenvalue weighted by molar-refractivity contribution is 5.75. The molecule has 1 aliphatic rings. The van der Waals surface area contributed by atoms with Crippen LogP contribution in [0.1, 0.15) is 109 Å². The zero-order chi connectivity index (χ0) is 24.0. The number of aryl methyl sites for hydroxylation is 1. The zero-order valence-corrected chi connectivity index (χ0v) is 21.6. The summed E-state index contributed by atoms with van der Waals surface area (Å²) in [5.74, 6) is 1.44. The normalized spacial score (nSPS) is 18.1. The first-order valence-corrected chi connectivity index (χ1v) is 14.0. The van der Waals surface area contributed by atoms with Crippen LogP contribution >= 0.6 is 0 Å². The van der Waals surface area contributed by atoms with Gasteiger partial charge in [-0.25, -0.2) is 0 Å². The minimum atomic E-state index is -0.0584. The van der Waals surface area contributed by atoms with Gasteiger partial charge < -0.3 is 4.74 Å². The lowest BCUT2D eigenvalue weighted by molar-refractivity contribution is -0.140. The molecule has 0 atom stereocenters. The van der Waals surface area contributed by atoms with E-state index < -0.39 is 0 Å². The summed E-state index contributed by atoms with van der Waals surface area (Å²) in [7, 11) is 0. The third-order valence-corrected chi connectivity index (χ3v) is 7.41. The Morgan fingerprint density at radius 2 is 1.50 bits per heavy atom. The molecule has 186 valence electrons. The minimum absolute atomic E-state index is 0.0583. The fourth-order valence-electron chi connectivity index (χ4n) is 5.12. The van der Waals surface area contributed by atoms with Crippen LogP contribution < -0.4 is 4.74 Å². The molecule has 1 aromatic carbocycles. The summed E-state index contributed by atoms with van der Waals surface area (Å²) in [5.41, 5.74) is 3.33. The number of hydrogen-bond acceptors (Lipinski definition) is 3. The number of rotatable bonds is 14. The summed E-state index contributed by atoms with van der Waals surface area (Å²) >= 11 is 0. The van der Waals surface area contributed by atoms with Crippen molar-refractivity contribution in [1.82, 2.24) is 4.98 Å². The topological polar surface area (TPSA) is 39.2 Å². The monoisotopic (exact) mass is 463 g/mol. The van der Waals surface area contributed by atoms with Gasteiger partial charge in [0.25, 0.3) is 0 Å². The standard InChI is InChI=1S/C31H45NO2/c1-3-5-7-8-9-11-13-26-16-23-30(32-24-26)27-19-21-29(22-20-27)34-31(33)28-17-14-25(15-18-28)12-10-6-4-2/h16,19-25,28H,3-15,17-18H2,1-2H3/t25-,28-. The smallest absolute Gasteiger partial charge is 0.314 e. The Morgan fingerprint density at radius 1 is 0.824 bits per heavy atom. The van der Waals surface area contributed by atoms with Crippen molar-refractivity contribution in [1.29, 1.82) is 0 Å². The van der Waals surface area contributed by atoms with Crippen molar-refractivity contribution in [3.63, 3.8) is 0 Å². The van der Waals surface area contributed by atoms with Crippen LogP contribution in [0.25, 0.3) is 11.3 Å². The van der Waals surface area contributed by atoms with Gasteiger partial charge in [-0.3, -0.25) is 9.78 Å². The number of benzene rings is 1. The van der Waals surface area contributed by atoms with Gasteiger partial charge in [0, 0.05) is 11.8 Å². The van der Waals surface area contributed by atoms with Gasteiger partial charge in [-0.15, -0.1) is 0 Å². The van der Waals surface area contributed by atoms with Gasteiger partial charge in [-0.05, 0) is 80.3 Å². The second-order valence-corrected chi connectivity index (χ2v) is 10.2. The number of carbonyl (C=O) groups excluding carboxylic acids is 1. The van der Waals surface area contributed by atoms with Gasteiger partial charge in [0.2, 0.25) is 0 Å². The van der Waals surface area contributed by atoms with E-state index >= 15 is 0 Å². The molecule has 3 heteroatoms. The fourth-order valence-corrected chi connectivity index (χ4v) is 5.12. The maximum absolute atomic E-state index is 12.7. The highest BCUT2D eigenvalue weighted by Crippen LogP contribution is 2.33. The number of ether oxygens (including phenoxy) is 1. The van der Waals surface area contributed by atoms with E-state index in [1.807, 2.05) is 30.5 Å². The summed E-state index contributed by atoms with van der Waals surface area (Å²) < 4.78 is 5.72. The van der Waals surface area contributed by atoms with Gasteiger partial charge in [0.15, 0.2) is 0 Å². The maximum Gasteiger partial charge on any atom is 0.314 e. The predicted molar refractivity (Wildman–Crippen MR) is 142 cm³/mol. The van der Waals surface area contributed by atoms with Crippen molar-refractivity contribution >= 4 is 5.97 Å². The first kappa shape index (κ1) is 26.4. The number of esters is 1. The van der Waals surface area contributed by atoms with Crippen molar-refractivity contribution in [3.05, 3.63) is 48.2 Å². The van der Waals surface area contributed by atoms with Crippen LogP contribution in [0.5, 0.6) is 5.75 Å². The summed E-state index contributed by atoms with van der Waals surface area (Å²) in [5, 5.41) is 0. The van der Waals surface area contributed by atoms with Crippen LogP contribution in [0.4, 0.5) is 0 Å². The second kappa shape index (κ2) is 15.0. The average molecular weight is 464 g/mol. The molecule has 1 fully saturated rings. The first-order valence-electron chi connectivity index (χ1n) is 14.0. The molecule has 1 heterocycles. The second-order valence-electron chi connectivity index (χ2n) is 10.2. The highest BCUT2D eigenvalue weighted by Gasteiger charge is 2.27. The minimum Gasteiger partial charge on any atom is -0.426 e. The van der Waals surface area contributed by atoms with E-state index in [0.717, 1.165) is 36.4 Å². The summed E-state index contributed by atoms with van der Waals surface area (Å²) in [4.78, 5) is 17.3. The van der Waals surface area contributed by atoms with E-state index in [0.29, 0.717) is 5.75 Å². The molecule has 0 radical (unpaired) electrons. The van der Waals surface area contributed by atoms with E-state index in [-0.39, 0.29) is 11.9 Å². The Bertz CT molecular complexity index is 820. The molecule has 2 aromatic rings. The molecule has 3 nitrogen and oxygen atoms in total. The van der Waals surface area contributed by atoms with Gasteiger partial charge in [-0.2, -0.15) is 0 Å². The maximum atomic E-state index is 12.7. The molecule has 0 aliphatic heterocycles. The van der Waals surface area contributed by atoms with E-state index in [1.54, 1.807) is 0 Å². The Morgan fingerprint density at radius 3 is 2.18 bits per heavy atom. The van der Waals surface area contributed by atoms with E-state index in [2.05, 4.69) is 31.0 Å². The molecule has 0 unspecified atom stereocenters. The van der Waals surface area contributed by atoms with Crippen LogP contribution in [0.2, 0.25) is 0 Å². The predicted octanol–water partition coefficient (Wildman–Crippen LogP) is 8.94.